The van der Waals surface area contributed by atoms with E-state index in [1.807, 2.05) is 19.0 Å². The molecule has 7 heteroatoms. The molecule has 100 valence electrons. The van der Waals surface area contributed by atoms with Gasteiger partial charge in [0.25, 0.3) is 5.69 Å². The summed E-state index contributed by atoms with van der Waals surface area (Å²) in [6.45, 7) is 1.40. The summed E-state index contributed by atoms with van der Waals surface area (Å²) < 4.78 is 5.46. The van der Waals surface area contributed by atoms with E-state index in [9.17, 15) is 10.1 Å². The van der Waals surface area contributed by atoms with Gasteiger partial charge in [0.2, 0.25) is 0 Å². The quantitative estimate of drug-likeness (QED) is 0.329. The molecule has 0 saturated heterocycles. The van der Waals surface area contributed by atoms with Gasteiger partial charge < -0.3 is 15.1 Å². The zero-order chi connectivity index (χ0) is 13.5. The van der Waals surface area contributed by atoms with Crippen molar-refractivity contribution >= 4 is 11.4 Å². The van der Waals surface area contributed by atoms with Gasteiger partial charge in [0.15, 0.2) is 0 Å². The van der Waals surface area contributed by atoms with Crippen LogP contribution < -0.4 is 16.0 Å². The lowest BCUT2D eigenvalue weighted by molar-refractivity contribution is -0.384. The lowest BCUT2D eigenvalue weighted by atomic mass is 10.2. The Labute approximate surface area is 106 Å². The van der Waals surface area contributed by atoms with Gasteiger partial charge in [-0.2, -0.15) is 0 Å². The Morgan fingerprint density at radius 3 is 2.72 bits per heavy atom. The minimum Gasteiger partial charge on any atom is -0.493 e. The Balaban J connectivity index is 2.64. The van der Waals surface area contributed by atoms with Crippen LogP contribution in [0, 0.1) is 10.1 Å². The minimum atomic E-state index is -0.479. The Bertz CT molecular complexity index is 409. The van der Waals surface area contributed by atoms with Crippen LogP contribution >= 0.6 is 0 Å². The number of ether oxygens (including phenoxy) is 1. The van der Waals surface area contributed by atoms with Crippen molar-refractivity contribution in [3.8, 4) is 5.75 Å². The highest BCUT2D eigenvalue weighted by Gasteiger charge is 2.10. The molecule has 0 spiro atoms. The van der Waals surface area contributed by atoms with Crippen LogP contribution in [0.3, 0.4) is 0 Å². The Kier molecular flexibility index (Phi) is 5.34. The molecule has 0 aliphatic carbocycles. The van der Waals surface area contributed by atoms with E-state index in [2.05, 4.69) is 5.43 Å². The van der Waals surface area contributed by atoms with Gasteiger partial charge in [-0.05, 0) is 20.5 Å². The largest absolute Gasteiger partial charge is 0.493 e. The number of hydrazine groups is 1. The molecule has 7 nitrogen and oxygen atoms in total. The second kappa shape index (κ2) is 6.77. The highest BCUT2D eigenvalue weighted by atomic mass is 16.6. The van der Waals surface area contributed by atoms with Gasteiger partial charge in [0, 0.05) is 18.7 Å². The number of rotatable bonds is 7. The average Bonchev–Trinajstić information content (AvgIpc) is 2.34. The summed E-state index contributed by atoms with van der Waals surface area (Å²) in [5.41, 5.74) is 2.78. The van der Waals surface area contributed by atoms with E-state index in [-0.39, 0.29) is 5.69 Å². The second-order valence-electron chi connectivity index (χ2n) is 4.12. The Hall–Kier alpha value is -1.86. The number of nitrogens with two attached hydrogens (primary N) is 1. The van der Waals surface area contributed by atoms with Gasteiger partial charge in [0.1, 0.15) is 5.75 Å². The number of nitrogen functional groups attached to an aromatic ring is 1. The monoisotopic (exact) mass is 254 g/mol. The number of nitro groups is 1. The number of non-ortho nitro benzene ring substituents is 1. The third-order valence-electron chi connectivity index (χ3n) is 2.29. The topological polar surface area (TPSA) is 93.7 Å². The molecular formula is C11H18N4O3. The number of benzene rings is 1. The molecule has 18 heavy (non-hydrogen) atoms. The number of hydrogen-bond acceptors (Lipinski definition) is 6. The maximum Gasteiger partial charge on any atom is 0.275 e. The molecule has 0 heterocycles. The summed E-state index contributed by atoms with van der Waals surface area (Å²) in [5.74, 6) is 5.69. The fourth-order valence-corrected chi connectivity index (χ4v) is 1.43. The van der Waals surface area contributed by atoms with Crippen molar-refractivity contribution < 1.29 is 9.66 Å². The minimum absolute atomic E-state index is 0.0481. The Morgan fingerprint density at radius 1 is 1.44 bits per heavy atom. The molecule has 0 unspecified atom stereocenters. The smallest absolute Gasteiger partial charge is 0.275 e. The van der Waals surface area contributed by atoms with E-state index >= 15 is 0 Å². The highest BCUT2D eigenvalue weighted by Crippen LogP contribution is 2.25. The third kappa shape index (κ3) is 4.56. The number of nitrogens with zero attached hydrogens (tertiary/aromatic N) is 2. The van der Waals surface area contributed by atoms with Crippen LogP contribution in [-0.4, -0.2) is 37.1 Å². The molecule has 0 amide bonds. The summed E-state index contributed by atoms with van der Waals surface area (Å²) >= 11 is 0. The Morgan fingerprint density at radius 2 is 2.17 bits per heavy atom. The van der Waals surface area contributed by atoms with Gasteiger partial charge in [-0.3, -0.25) is 16.0 Å². The normalized spacial score (nSPS) is 10.4. The predicted octanol–water partition coefficient (Wildman–Crippen LogP) is 1.21. The molecule has 1 rings (SSSR count). The molecule has 0 aliphatic rings. The van der Waals surface area contributed by atoms with Crippen LogP contribution in [0.1, 0.15) is 6.42 Å². The first-order valence-electron chi connectivity index (χ1n) is 5.56. The summed E-state index contributed by atoms with van der Waals surface area (Å²) in [7, 11) is 3.95. The van der Waals surface area contributed by atoms with Gasteiger partial charge in [-0.1, -0.05) is 0 Å². The standard InChI is InChI=1S/C11H18N4O3/c1-14(2)4-3-5-18-11-7-9(13-12)6-10(8-11)15(16)17/h6-8,13H,3-5,12H2,1-2H3. The van der Waals surface area contributed by atoms with Crippen LogP contribution in [-0.2, 0) is 0 Å². The van der Waals surface area contributed by atoms with Gasteiger partial charge >= 0.3 is 0 Å². The zero-order valence-corrected chi connectivity index (χ0v) is 10.5. The maximum absolute atomic E-state index is 10.7. The van der Waals surface area contributed by atoms with Gasteiger partial charge in [-0.25, -0.2) is 0 Å². The van der Waals surface area contributed by atoms with Crippen LogP contribution in [0.25, 0.3) is 0 Å². The van der Waals surface area contributed by atoms with Crippen molar-refractivity contribution in [1.82, 2.24) is 4.90 Å². The molecule has 3 N–H and O–H groups in total. The lowest BCUT2D eigenvalue weighted by Gasteiger charge is -2.11. The van der Waals surface area contributed by atoms with Crippen molar-refractivity contribution in [2.45, 2.75) is 6.42 Å². The van der Waals surface area contributed by atoms with Crippen molar-refractivity contribution in [2.24, 2.45) is 5.84 Å². The maximum atomic E-state index is 10.7. The number of nitro benzene ring substituents is 1. The van der Waals surface area contributed by atoms with Crippen molar-refractivity contribution in [1.29, 1.82) is 0 Å². The highest BCUT2D eigenvalue weighted by molar-refractivity contribution is 5.55. The molecule has 0 radical (unpaired) electrons. The fourth-order valence-electron chi connectivity index (χ4n) is 1.43. The van der Waals surface area contributed by atoms with Gasteiger partial charge in [-0.15, -0.1) is 0 Å². The van der Waals surface area contributed by atoms with Crippen LogP contribution in [0.15, 0.2) is 18.2 Å². The van der Waals surface area contributed by atoms with Crippen LogP contribution in [0.4, 0.5) is 11.4 Å². The predicted molar refractivity (Wildman–Crippen MR) is 69.6 cm³/mol. The van der Waals surface area contributed by atoms with E-state index in [1.165, 1.54) is 12.1 Å². The van der Waals surface area contributed by atoms with E-state index in [0.717, 1.165) is 13.0 Å². The number of nitrogens with one attached hydrogen (secondary N) is 1. The van der Waals surface area contributed by atoms with Gasteiger partial charge in [0.05, 0.1) is 23.3 Å². The molecule has 1 aromatic rings. The van der Waals surface area contributed by atoms with Crippen LogP contribution in [0.2, 0.25) is 0 Å². The van der Waals surface area contributed by atoms with E-state index in [0.29, 0.717) is 18.0 Å². The van der Waals surface area contributed by atoms with Crippen molar-refractivity contribution in [3.05, 3.63) is 28.3 Å². The van der Waals surface area contributed by atoms with Crippen molar-refractivity contribution in [3.63, 3.8) is 0 Å². The van der Waals surface area contributed by atoms with Crippen molar-refractivity contribution in [2.75, 3.05) is 32.7 Å². The SMILES string of the molecule is CN(C)CCCOc1cc(NN)cc([N+](=O)[O-])c1. The zero-order valence-electron chi connectivity index (χ0n) is 10.5. The fraction of sp³-hybridized carbons (Fsp3) is 0.455. The van der Waals surface area contributed by atoms with Crippen LogP contribution in [0.5, 0.6) is 5.75 Å². The molecule has 0 fully saturated rings. The summed E-state index contributed by atoms with van der Waals surface area (Å²) in [5, 5.41) is 10.7. The number of hydrogen-bond donors (Lipinski definition) is 2. The molecule has 0 atom stereocenters. The first-order valence-corrected chi connectivity index (χ1v) is 5.56. The molecular weight excluding hydrogens is 236 g/mol. The first kappa shape index (κ1) is 14.2. The molecule has 0 bridgehead atoms. The molecule has 0 aliphatic heterocycles. The molecule has 0 aromatic heterocycles. The third-order valence-corrected chi connectivity index (χ3v) is 2.29. The summed E-state index contributed by atoms with van der Waals surface area (Å²) in [6, 6.07) is 4.37. The molecule has 0 saturated carbocycles. The average molecular weight is 254 g/mol. The second-order valence-corrected chi connectivity index (χ2v) is 4.12. The van der Waals surface area contributed by atoms with E-state index in [4.69, 9.17) is 10.6 Å². The first-order chi connectivity index (χ1) is 8.52. The summed E-state index contributed by atoms with van der Waals surface area (Å²) in [6.07, 6.45) is 0.848. The number of anilines is 1. The lowest BCUT2D eigenvalue weighted by Crippen LogP contribution is -2.15. The summed E-state index contributed by atoms with van der Waals surface area (Å²) in [4.78, 5) is 12.3. The van der Waals surface area contributed by atoms with E-state index < -0.39 is 4.92 Å². The molecule has 1 aromatic carbocycles. The van der Waals surface area contributed by atoms with E-state index in [1.54, 1.807) is 6.07 Å².